The summed E-state index contributed by atoms with van der Waals surface area (Å²) in [6.07, 6.45) is 0. The maximum atomic E-state index is 5.83. The van der Waals surface area contributed by atoms with Crippen LogP contribution in [0, 0.1) is 0 Å². The molecule has 0 fully saturated rings. The number of nitrogen functional groups attached to an aromatic ring is 2. The monoisotopic (exact) mass is 312 g/mol. The lowest BCUT2D eigenvalue weighted by Gasteiger charge is -2.05. The van der Waals surface area contributed by atoms with Crippen LogP contribution in [0.2, 0.25) is 0 Å². The molecule has 3 aromatic carbocycles. The van der Waals surface area contributed by atoms with Gasteiger partial charge in [-0.15, -0.1) is 0 Å². The highest BCUT2D eigenvalue weighted by Gasteiger charge is 2.07. The Morgan fingerprint density at radius 3 is 1.17 bits per heavy atom. The summed E-state index contributed by atoms with van der Waals surface area (Å²) in [5.74, 6) is 0. The lowest BCUT2D eigenvalue weighted by Crippen LogP contribution is -1.93. The number of fused-ring (bicyclic) bond motifs is 4. The second-order valence-electron chi connectivity index (χ2n) is 5.77. The van der Waals surface area contributed by atoms with E-state index in [0.29, 0.717) is 11.4 Å². The van der Waals surface area contributed by atoms with Crippen LogP contribution >= 0.6 is 0 Å². The minimum absolute atomic E-state index is 0.667. The topological polar surface area (TPSA) is 104 Å². The first-order valence-electron chi connectivity index (χ1n) is 7.50. The number of benzene rings is 3. The highest BCUT2D eigenvalue weighted by Crippen LogP contribution is 2.24. The van der Waals surface area contributed by atoms with E-state index in [1.807, 2.05) is 48.5 Å². The van der Waals surface area contributed by atoms with Gasteiger partial charge >= 0.3 is 0 Å². The standard InChI is InChI=1S/C18H12N6/c19-9-1-3-11-13(5-9)23-17-8-16-18(7-15(17)21-11)24-14-6-10(20)2-4-12(14)22-16/h1-8H,19-20H2. The molecule has 5 aromatic rings. The minimum atomic E-state index is 0.667. The molecular weight excluding hydrogens is 300 g/mol. The third-order valence-electron chi connectivity index (χ3n) is 4.03. The molecular formula is C18H12N6. The van der Waals surface area contributed by atoms with Gasteiger partial charge in [-0.3, -0.25) is 0 Å². The SMILES string of the molecule is Nc1ccc2nc3cc4nc5cc(N)ccc5nc4cc3nc2c1. The summed E-state index contributed by atoms with van der Waals surface area (Å²) in [6, 6.07) is 14.8. The van der Waals surface area contributed by atoms with Crippen molar-refractivity contribution in [3.63, 3.8) is 0 Å². The van der Waals surface area contributed by atoms with Crippen molar-refractivity contribution in [1.82, 2.24) is 19.9 Å². The van der Waals surface area contributed by atoms with Gasteiger partial charge in [0, 0.05) is 11.4 Å². The molecule has 0 bridgehead atoms. The first-order chi connectivity index (χ1) is 11.7. The fourth-order valence-corrected chi connectivity index (χ4v) is 2.88. The Labute approximate surface area is 136 Å². The van der Waals surface area contributed by atoms with Crippen LogP contribution in [0.15, 0.2) is 48.5 Å². The molecule has 0 unspecified atom stereocenters. The first kappa shape index (κ1) is 13.0. The largest absolute Gasteiger partial charge is 0.399 e. The van der Waals surface area contributed by atoms with E-state index >= 15 is 0 Å². The molecule has 2 aromatic heterocycles. The van der Waals surface area contributed by atoms with Crippen molar-refractivity contribution in [2.24, 2.45) is 0 Å². The van der Waals surface area contributed by atoms with Crippen LogP contribution in [0.3, 0.4) is 0 Å². The van der Waals surface area contributed by atoms with Crippen LogP contribution in [0.5, 0.6) is 0 Å². The molecule has 0 radical (unpaired) electrons. The lowest BCUT2D eigenvalue weighted by molar-refractivity contribution is 1.36. The van der Waals surface area contributed by atoms with E-state index in [9.17, 15) is 0 Å². The molecule has 0 atom stereocenters. The van der Waals surface area contributed by atoms with Gasteiger partial charge in [-0.2, -0.15) is 0 Å². The Kier molecular flexibility index (Phi) is 2.42. The summed E-state index contributed by atoms with van der Waals surface area (Å²) in [5, 5.41) is 0. The molecule has 5 rings (SSSR count). The third kappa shape index (κ3) is 1.90. The molecule has 0 saturated heterocycles. The van der Waals surface area contributed by atoms with Crippen molar-refractivity contribution >= 4 is 55.5 Å². The van der Waals surface area contributed by atoms with Gasteiger partial charge in [-0.05, 0) is 48.5 Å². The normalized spacial score (nSPS) is 11.7. The van der Waals surface area contributed by atoms with Crippen LogP contribution in [-0.4, -0.2) is 19.9 Å². The number of nitrogens with two attached hydrogens (primary N) is 2. The predicted molar refractivity (Wildman–Crippen MR) is 96.5 cm³/mol. The molecule has 0 aliphatic heterocycles. The highest BCUT2D eigenvalue weighted by molar-refractivity contribution is 5.97. The van der Waals surface area contributed by atoms with E-state index in [1.54, 1.807) is 0 Å². The molecule has 6 heteroatoms. The zero-order valence-corrected chi connectivity index (χ0v) is 12.6. The van der Waals surface area contributed by atoms with Crippen molar-refractivity contribution < 1.29 is 0 Å². The third-order valence-corrected chi connectivity index (χ3v) is 4.03. The van der Waals surface area contributed by atoms with Gasteiger partial charge in [0.15, 0.2) is 0 Å². The summed E-state index contributed by atoms with van der Waals surface area (Å²) in [6.45, 7) is 0. The maximum Gasteiger partial charge on any atom is 0.0917 e. The van der Waals surface area contributed by atoms with Crippen molar-refractivity contribution in [1.29, 1.82) is 0 Å². The Bertz CT molecular complexity index is 1180. The fraction of sp³-hybridized carbons (Fsp3) is 0. The molecule has 6 nitrogen and oxygen atoms in total. The molecule has 114 valence electrons. The van der Waals surface area contributed by atoms with E-state index in [4.69, 9.17) is 11.5 Å². The van der Waals surface area contributed by atoms with Crippen molar-refractivity contribution in [2.75, 3.05) is 11.5 Å². The summed E-state index contributed by atoms with van der Waals surface area (Å²) in [4.78, 5) is 18.6. The Morgan fingerprint density at radius 1 is 0.417 bits per heavy atom. The summed E-state index contributed by atoms with van der Waals surface area (Å²) >= 11 is 0. The number of anilines is 2. The average molecular weight is 312 g/mol. The first-order valence-corrected chi connectivity index (χ1v) is 7.50. The van der Waals surface area contributed by atoms with Gasteiger partial charge in [0.25, 0.3) is 0 Å². The van der Waals surface area contributed by atoms with Crippen LogP contribution in [0.25, 0.3) is 44.1 Å². The Hall–Kier alpha value is -3.54. The highest BCUT2D eigenvalue weighted by atomic mass is 14.8. The second-order valence-corrected chi connectivity index (χ2v) is 5.77. The minimum Gasteiger partial charge on any atom is -0.399 e. The molecule has 2 heterocycles. The molecule has 0 aliphatic rings. The summed E-state index contributed by atoms with van der Waals surface area (Å²) < 4.78 is 0. The van der Waals surface area contributed by atoms with Crippen molar-refractivity contribution in [3.05, 3.63) is 48.5 Å². The van der Waals surface area contributed by atoms with Crippen LogP contribution in [0.4, 0.5) is 11.4 Å². The number of hydrogen-bond acceptors (Lipinski definition) is 6. The predicted octanol–water partition coefficient (Wildman–Crippen LogP) is 3.04. The van der Waals surface area contributed by atoms with Crippen molar-refractivity contribution in [2.45, 2.75) is 0 Å². The number of nitrogens with zero attached hydrogens (tertiary/aromatic N) is 4. The van der Waals surface area contributed by atoms with Gasteiger partial charge in [0.05, 0.1) is 44.1 Å². The molecule has 0 spiro atoms. The van der Waals surface area contributed by atoms with Gasteiger partial charge in [0.1, 0.15) is 0 Å². The maximum absolute atomic E-state index is 5.83. The quantitative estimate of drug-likeness (QED) is 0.336. The lowest BCUT2D eigenvalue weighted by atomic mass is 10.2. The van der Waals surface area contributed by atoms with E-state index < -0.39 is 0 Å². The number of hydrogen-bond donors (Lipinski definition) is 2. The zero-order chi connectivity index (χ0) is 16.3. The molecule has 24 heavy (non-hydrogen) atoms. The second kappa shape index (κ2) is 4.48. The van der Waals surface area contributed by atoms with Gasteiger partial charge in [-0.1, -0.05) is 0 Å². The van der Waals surface area contributed by atoms with E-state index in [2.05, 4.69) is 19.9 Å². The van der Waals surface area contributed by atoms with Crippen LogP contribution in [-0.2, 0) is 0 Å². The molecule has 0 saturated carbocycles. The average Bonchev–Trinajstić information content (AvgIpc) is 2.56. The van der Waals surface area contributed by atoms with E-state index in [0.717, 1.165) is 44.1 Å². The van der Waals surface area contributed by atoms with Gasteiger partial charge in [-0.25, -0.2) is 19.9 Å². The van der Waals surface area contributed by atoms with Crippen molar-refractivity contribution in [3.8, 4) is 0 Å². The zero-order valence-electron chi connectivity index (χ0n) is 12.6. The van der Waals surface area contributed by atoms with Gasteiger partial charge in [0.2, 0.25) is 0 Å². The van der Waals surface area contributed by atoms with Gasteiger partial charge < -0.3 is 11.5 Å². The number of aromatic nitrogens is 4. The van der Waals surface area contributed by atoms with E-state index in [1.165, 1.54) is 0 Å². The Balaban J connectivity index is 1.88. The summed E-state index contributed by atoms with van der Waals surface area (Å²) in [7, 11) is 0. The van der Waals surface area contributed by atoms with Crippen LogP contribution < -0.4 is 11.5 Å². The molecule has 4 N–H and O–H groups in total. The Morgan fingerprint density at radius 2 is 0.750 bits per heavy atom. The number of rotatable bonds is 0. The van der Waals surface area contributed by atoms with Crippen LogP contribution in [0.1, 0.15) is 0 Å². The fourth-order valence-electron chi connectivity index (χ4n) is 2.88. The molecule has 0 aliphatic carbocycles. The van der Waals surface area contributed by atoms with E-state index in [-0.39, 0.29) is 0 Å². The smallest absolute Gasteiger partial charge is 0.0917 e. The molecule has 0 amide bonds. The summed E-state index contributed by atoms with van der Waals surface area (Å²) in [5.41, 5.74) is 19.2.